The molecule has 0 aliphatic rings. The van der Waals surface area contributed by atoms with Crippen LogP contribution in [0.4, 0.5) is 0 Å². The number of aromatic nitrogens is 3. The first kappa shape index (κ1) is 13.0. The van der Waals surface area contributed by atoms with E-state index in [9.17, 15) is 0 Å². The van der Waals surface area contributed by atoms with Crippen LogP contribution < -0.4 is 5.73 Å². The first-order valence-corrected chi connectivity index (χ1v) is 6.56. The first-order chi connectivity index (χ1) is 8.61. The standard InChI is InChI=1S/C13H16N4S/c1-8-9(2)16-13(17-10(8)3)18-12-7-15-5-4-11(12)6-14/h4-5,7H,6,14H2,1-3H3. The van der Waals surface area contributed by atoms with Gasteiger partial charge < -0.3 is 5.73 Å². The highest BCUT2D eigenvalue weighted by Crippen LogP contribution is 2.28. The van der Waals surface area contributed by atoms with Crippen LogP contribution in [0.2, 0.25) is 0 Å². The lowest BCUT2D eigenvalue weighted by Gasteiger charge is -2.08. The molecular formula is C13H16N4S. The molecule has 2 heterocycles. The Morgan fingerprint density at radius 1 is 1.17 bits per heavy atom. The average molecular weight is 260 g/mol. The van der Waals surface area contributed by atoms with Gasteiger partial charge in [0.1, 0.15) is 0 Å². The third-order valence-corrected chi connectivity index (χ3v) is 3.86. The fraction of sp³-hybridized carbons (Fsp3) is 0.308. The van der Waals surface area contributed by atoms with E-state index in [4.69, 9.17) is 5.73 Å². The van der Waals surface area contributed by atoms with Crippen LogP contribution in [0.25, 0.3) is 0 Å². The first-order valence-electron chi connectivity index (χ1n) is 5.74. The molecular weight excluding hydrogens is 244 g/mol. The summed E-state index contributed by atoms with van der Waals surface area (Å²) in [6, 6.07) is 1.93. The zero-order valence-corrected chi connectivity index (χ0v) is 11.6. The van der Waals surface area contributed by atoms with Gasteiger partial charge in [0.2, 0.25) is 0 Å². The molecule has 0 unspecified atom stereocenters. The van der Waals surface area contributed by atoms with E-state index in [2.05, 4.69) is 15.0 Å². The predicted molar refractivity (Wildman–Crippen MR) is 72.5 cm³/mol. The van der Waals surface area contributed by atoms with Crippen LogP contribution in [0.5, 0.6) is 0 Å². The van der Waals surface area contributed by atoms with Gasteiger partial charge in [0.25, 0.3) is 0 Å². The minimum atomic E-state index is 0.495. The molecule has 2 rings (SSSR count). The smallest absolute Gasteiger partial charge is 0.192 e. The molecule has 2 aromatic rings. The van der Waals surface area contributed by atoms with Gasteiger partial charge >= 0.3 is 0 Å². The monoisotopic (exact) mass is 260 g/mol. The fourth-order valence-electron chi connectivity index (χ4n) is 1.55. The largest absolute Gasteiger partial charge is 0.326 e. The summed E-state index contributed by atoms with van der Waals surface area (Å²) in [4.78, 5) is 14.1. The summed E-state index contributed by atoms with van der Waals surface area (Å²) in [5.41, 5.74) is 9.95. The number of aryl methyl sites for hydroxylation is 2. The maximum atomic E-state index is 5.71. The number of nitrogens with zero attached hydrogens (tertiary/aromatic N) is 3. The summed E-state index contributed by atoms with van der Waals surface area (Å²) in [5.74, 6) is 0. The molecule has 2 N–H and O–H groups in total. The van der Waals surface area contributed by atoms with Gasteiger partial charge in [-0.1, -0.05) is 0 Å². The van der Waals surface area contributed by atoms with E-state index in [-0.39, 0.29) is 0 Å². The van der Waals surface area contributed by atoms with Crippen molar-refractivity contribution in [3.05, 3.63) is 41.0 Å². The Morgan fingerprint density at radius 2 is 1.83 bits per heavy atom. The number of pyridine rings is 1. The summed E-state index contributed by atoms with van der Waals surface area (Å²) < 4.78 is 0. The highest BCUT2D eigenvalue weighted by atomic mass is 32.2. The molecule has 18 heavy (non-hydrogen) atoms. The minimum Gasteiger partial charge on any atom is -0.326 e. The van der Waals surface area contributed by atoms with Gasteiger partial charge in [0.05, 0.1) is 0 Å². The van der Waals surface area contributed by atoms with Crippen LogP contribution in [-0.4, -0.2) is 15.0 Å². The number of rotatable bonds is 3. The second-order valence-electron chi connectivity index (χ2n) is 4.09. The zero-order chi connectivity index (χ0) is 13.1. The van der Waals surface area contributed by atoms with Crippen molar-refractivity contribution in [2.24, 2.45) is 5.73 Å². The Bertz CT molecular complexity index is 546. The summed E-state index contributed by atoms with van der Waals surface area (Å²) >= 11 is 1.51. The topological polar surface area (TPSA) is 64.7 Å². The molecule has 2 aromatic heterocycles. The van der Waals surface area contributed by atoms with Crippen molar-refractivity contribution in [1.29, 1.82) is 0 Å². The van der Waals surface area contributed by atoms with E-state index in [1.165, 1.54) is 11.8 Å². The quantitative estimate of drug-likeness (QED) is 0.858. The molecule has 0 aliphatic carbocycles. The van der Waals surface area contributed by atoms with Crippen molar-refractivity contribution < 1.29 is 0 Å². The molecule has 4 nitrogen and oxygen atoms in total. The third-order valence-electron chi connectivity index (χ3n) is 2.90. The molecule has 0 fully saturated rings. The Labute approximate surface area is 111 Å². The summed E-state index contributed by atoms with van der Waals surface area (Å²) in [6.07, 6.45) is 3.56. The lowest BCUT2D eigenvalue weighted by atomic mass is 10.2. The number of nitrogens with two attached hydrogens (primary N) is 1. The van der Waals surface area contributed by atoms with E-state index in [0.29, 0.717) is 6.54 Å². The minimum absolute atomic E-state index is 0.495. The molecule has 0 aromatic carbocycles. The van der Waals surface area contributed by atoms with Crippen LogP contribution in [0.1, 0.15) is 22.5 Å². The fourth-order valence-corrected chi connectivity index (χ4v) is 2.51. The molecule has 0 amide bonds. The van der Waals surface area contributed by atoms with E-state index >= 15 is 0 Å². The summed E-state index contributed by atoms with van der Waals surface area (Å²) in [5, 5.41) is 0.748. The predicted octanol–water partition coefficient (Wildman–Crippen LogP) is 2.41. The molecule has 0 atom stereocenters. The van der Waals surface area contributed by atoms with Crippen molar-refractivity contribution in [3.63, 3.8) is 0 Å². The van der Waals surface area contributed by atoms with Crippen LogP contribution >= 0.6 is 11.8 Å². The second kappa shape index (κ2) is 5.46. The van der Waals surface area contributed by atoms with Crippen molar-refractivity contribution in [2.45, 2.75) is 37.4 Å². The molecule has 0 saturated heterocycles. The summed E-state index contributed by atoms with van der Waals surface area (Å²) in [7, 11) is 0. The third kappa shape index (κ3) is 2.68. The van der Waals surface area contributed by atoms with Gasteiger partial charge in [0.15, 0.2) is 5.16 Å². The lowest BCUT2D eigenvalue weighted by Crippen LogP contribution is -2.01. The molecule has 5 heteroatoms. The van der Waals surface area contributed by atoms with Crippen LogP contribution in [-0.2, 0) is 6.54 Å². The lowest BCUT2D eigenvalue weighted by molar-refractivity contribution is 0.878. The molecule has 0 radical (unpaired) electrons. The van der Waals surface area contributed by atoms with E-state index in [0.717, 1.165) is 32.6 Å². The van der Waals surface area contributed by atoms with Crippen LogP contribution in [0.3, 0.4) is 0 Å². The molecule has 94 valence electrons. The highest BCUT2D eigenvalue weighted by Gasteiger charge is 2.08. The Hall–Kier alpha value is -1.46. The Morgan fingerprint density at radius 3 is 2.44 bits per heavy atom. The maximum Gasteiger partial charge on any atom is 0.192 e. The van der Waals surface area contributed by atoms with Gasteiger partial charge in [-0.2, -0.15) is 0 Å². The van der Waals surface area contributed by atoms with Gasteiger partial charge in [-0.15, -0.1) is 0 Å². The van der Waals surface area contributed by atoms with Gasteiger partial charge in [0, 0.05) is 35.2 Å². The van der Waals surface area contributed by atoms with Crippen molar-refractivity contribution in [3.8, 4) is 0 Å². The average Bonchev–Trinajstić information content (AvgIpc) is 2.36. The van der Waals surface area contributed by atoms with Crippen LogP contribution in [0.15, 0.2) is 28.5 Å². The Balaban J connectivity index is 2.34. The Kier molecular flexibility index (Phi) is 3.93. The molecule has 0 spiro atoms. The summed E-state index contributed by atoms with van der Waals surface area (Å²) in [6.45, 7) is 6.53. The van der Waals surface area contributed by atoms with E-state index < -0.39 is 0 Å². The van der Waals surface area contributed by atoms with Crippen LogP contribution in [0, 0.1) is 20.8 Å². The van der Waals surface area contributed by atoms with Gasteiger partial charge in [-0.3, -0.25) is 4.98 Å². The second-order valence-corrected chi connectivity index (χ2v) is 5.10. The number of hydrogen-bond donors (Lipinski definition) is 1. The van der Waals surface area contributed by atoms with Gasteiger partial charge in [-0.05, 0) is 49.7 Å². The molecule has 0 bridgehead atoms. The SMILES string of the molecule is Cc1nc(Sc2cnccc2CN)nc(C)c1C. The zero-order valence-electron chi connectivity index (χ0n) is 10.8. The van der Waals surface area contributed by atoms with Crippen molar-refractivity contribution in [2.75, 3.05) is 0 Å². The van der Waals surface area contributed by atoms with Crippen molar-refractivity contribution in [1.82, 2.24) is 15.0 Å². The molecule has 0 saturated carbocycles. The van der Waals surface area contributed by atoms with Gasteiger partial charge in [-0.25, -0.2) is 9.97 Å². The highest BCUT2D eigenvalue weighted by molar-refractivity contribution is 7.99. The molecule has 0 aliphatic heterocycles. The van der Waals surface area contributed by atoms with Crippen molar-refractivity contribution >= 4 is 11.8 Å². The van der Waals surface area contributed by atoms with E-state index in [1.807, 2.05) is 26.8 Å². The maximum absolute atomic E-state index is 5.71. The van der Waals surface area contributed by atoms with E-state index in [1.54, 1.807) is 12.4 Å². The number of hydrogen-bond acceptors (Lipinski definition) is 5. The normalized spacial score (nSPS) is 10.7.